The number of carbonyl (C=O) groups excluding carboxylic acids is 2. The van der Waals surface area contributed by atoms with Crippen LogP contribution in [-0.4, -0.2) is 16.8 Å². The van der Waals surface area contributed by atoms with E-state index in [1.54, 1.807) is 63.2 Å². The van der Waals surface area contributed by atoms with E-state index in [0.29, 0.717) is 34.2 Å². The first kappa shape index (κ1) is 28.8. The van der Waals surface area contributed by atoms with Gasteiger partial charge < -0.3 is 15.4 Å². The molecule has 0 bridgehead atoms. The van der Waals surface area contributed by atoms with Crippen LogP contribution < -0.4 is 15.4 Å². The molecule has 2 amide bonds. The highest BCUT2D eigenvalue weighted by atomic mass is 35.5. The summed E-state index contributed by atoms with van der Waals surface area (Å²) in [7, 11) is 0. The van der Waals surface area contributed by atoms with E-state index in [4.69, 9.17) is 16.3 Å². The van der Waals surface area contributed by atoms with Gasteiger partial charge in [0.1, 0.15) is 11.6 Å². The zero-order chi connectivity index (χ0) is 29.2. The molecule has 2 N–H and O–H groups in total. The monoisotopic (exact) mass is 573 g/mol. The van der Waals surface area contributed by atoms with E-state index in [-0.39, 0.29) is 34.7 Å². The molecule has 0 atom stereocenters. The number of alkyl halides is 3. The fourth-order valence-electron chi connectivity index (χ4n) is 3.76. The molecule has 0 aliphatic heterocycles. The number of hydrogen-bond acceptors (Lipinski definition) is 4. The van der Waals surface area contributed by atoms with Crippen molar-refractivity contribution in [2.24, 2.45) is 5.41 Å². The van der Waals surface area contributed by atoms with Crippen molar-refractivity contribution >= 4 is 39.9 Å². The molecule has 208 valence electrons. The zero-order valence-corrected chi connectivity index (χ0v) is 22.4. The highest BCUT2D eigenvalue weighted by molar-refractivity contribution is 6.34. The molecule has 6 nitrogen and oxygen atoms in total. The van der Waals surface area contributed by atoms with Crippen molar-refractivity contribution in [3.8, 4) is 11.6 Å². The van der Waals surface area contributed by atoms with Crippen molar-refractivity contribution in [3.63, 3.8) is 0 Å². The SMILES string of the molecule is CC(C)(C)C(=O)NCc1ccc(Cl)c(C(=O)Nc2cccc3c(Oc4ccc(F)c(C(F)(F)F)c4)nccc23)c1. The molecule has 0 spiro atoms. The second-order valence-electron chi connectivity index (χ2n) is 9.96. The first-order valence-corrected chi connectivity index (χ1v) is 12.4. The Bertz CT molecular complexity index is 1600. The lowest BCUT2D eigenvalue weighted by atomic mass is 9.95. The Morgan fingerprint density at radius 1 is 0.975 bits per heavy atom. The Kier molecular flexibility index (Phi) is 8.02. The van der Waals surface area contributed by atoms with Gasteiger partial charge >= 0.3 is 6.18 Å². The summed E-state index contributed by atoms with van der Waals surface area (Å²) < 4.78 is 58.7. The molecule has 0 aliphatic carbocycles. The quantitative estimate of drug-likeness (QED) is 0.231. The van der Waals surface area contributed by atoms with Crippen molar-refractivity contribution in [2.45, 2.75) is 33.5 Å². The van der Waals surface area contributed by atoms with Crippen LogP contribution in [0.1, 0.15) is 42.3 Å². The number of halogens is 5. The summed E-state index contributed by atoms with van der Waals surface area (Å²) in [6.07, 6.45) is -3.53. The zero-order valence-electron chi connectivity index (χ0n) is 21.6. The lowest BCUT2D eigenvalue weighted by Crippen LogP contribution is -2.34. The minimum Gasteiger partial charge on any atom is -0.438 e. The number of fused-ring (bicyclic) bond motifs is 1. The maximum Gasteiger partial charge on any atom is 0.419 e. The first-order chi connectivity index (χ1) is 18.7. The van der Waals surface area contributed by atoms with Gasteiger partial charge in [-0.15, -0.1) is 0 Å². The second-order valence-corrected chi connectivity index (χ2v) is 10.4. The lowest BCUT2D eigenvalue weighted by molar-refractivity contribution is -0.140. The molecular weight excluding hydrogens is 550 g/mol. The van der Waals surface area contributed by atoms with Gasteiger partial charge in [-0.1, -0.05) is 44.5 Å². The number of pyridine rings is 1. The molecule has 4 rings (SSSR count). The molecular formula is C29H24ClF4N3O3. The van der Waals surface area contributed by atoms with Gasteiger partial charge in [-0.2, -0.15) is 13.2 Å². The summed E-state index contributed by atoms with van der Waals surface area (Å²) in [5, 5.41) is 6.70. The highest BCUT2D eigenvalue weighted by Gasteiger charge is 2.34. The number of hydrogen-bond donors (Lipinski definition) is 2. The molecule has 0 radical (unpaired) electrons. The average Bonchev–Trinajstić information content (AvgIpc) is 2.88. The Labute approximate surface area is 232 Å². The Morgan fingerprint density at radius 2 is 1.73 bits per heavy atom. The minimum absolute atomic E-state index is 0.0389. The molecule has 3 aromatic carbocycles. The molecule has 1 aromatic heterocycles. The highest BCUT2D eigenvalue weighted by Crippen LogP contribution is 2.36. The molecule has 0 saturated heterocycles. The Morgan fingerprint density at radius 3 is 2.42 bits per heavy atom. The van der Waals surface area contributed by atoms with Gasteiger partial charge in [-0.25, -0.2) is 9.37 Å². The van der Waals surface area contributed by atoms with Gasteiger partial charge in [0, 0.05) is 34.6 Å². The number of rotatable bonds is 6. The van der Waals surface area contributed by atoms with Crippen molar-refractivity contribution in [2.75, 3.05) is 5.32 Å². The van der Waals surface area contributed by atoms with E-state index in [1.165, 1.54) is 6.20 Å². The smallest absolute Gasteiger partial charge is 0.419 e. The number of carbonyl (C=O) groups is 2. The molecule has 0 fully saturated rings. The van der Waals surface area contributed by atoms with Crippen LogP contribution >= 0.6 is 11.6 Å². The lowest BCUT2D eigenvalue weighted by Gasteiger charge is -2.18. The Balaban J connectivity index is 1.59. The summed E-state index contributed by atoms with van der Waals surface area (Å²) in [4.78, 5) is 29.5. The number of nitrogens with one attached hydrogen (secondary N) is 2. The van der Waals surface area contributed by atoms with Crippen molar-refractivity contribution in [3.05, 3.63) is 94.4 Å². The topological polar surface area (TPSA) is 80.3 Å². The summed E-state index contributed by atoms with van der Waals surface area (Å²) in [5.74, 6) is -2.39. The molecule has 0 saturated carbocycles. The molecule has 40 heavy (non-hydrogen) atoms. The number of benzene rings is 3. The third-order valence-electron chi connectivity index (χ3n) is 5.89. The maximum atomic E-state index is 13.7. The summed E-state index contributed by atoms with van der Waals surface area (Å²) in [6.45, 7) is 5.57. The van der Waals surface area contributed by atoms with Crippen LogP contribution in [0.5, 0.6) is 11.6 Å². The van der Waals surface area contributed by atoms with Crippen LogP contribution in [0.3, 0.4) is 0 Å². The van der Waals surface area contributed by atoms with Crippen LogP contribution in [0.15, 0.2) is 66.9 Å². The van der Waals surface area contributed by atoms with E-state index in [2.05, 4.69) is 15.6 Å². The number of nitrogens with zero attached hydrogens (tertiary/aromatic N) is 1. The van der Waals surface area contributed by atoms with Gasteiger partial charge in [-0.3, -0.25) is 9.59 Å². The van der Waals surface area contributed by atoms with Crippen molar-refractivity contribution < 1.29 is 31.9 Å². The summed E-state index contributed by atoms with van der Waals surface area (Å²) >= 11 is 6.30. The third-order valence-corrected chi connectivity index (χ3v) is 6.21. The largest absolute Gasteiger partial charge is 0.438 e. The van der Waals surface area contributed by atoms with Gasteiger partial charge in [0.15, 0.2) is 0 Å². The number of aromatic nitrogens is 1. The van der Waals surface area contributed by atoms with E-state index in [1.807, 2.05) is 0 Å². The summed E-state index contributed by atoms with van der Waals surface area (Å²) in [5.41, 5.74) is -0.821. The number of amides is 2. The molecule has 0 unspecified atom stereocenters. The van der Waals surface area contributed by atoms with Crippen LogP contribution in [-0.2, 0) is 17.5 Å². The van der Waals surface area contributed by atoms with E-state index >= 15 is 0 Å². The fourth-order valence-corrected chi connectivity index (χ4v) is 3.96. The summed E-state index contributed by atoms with van der Waals surface area (Å²) in [6, 6.07) is 13.6. The molecule has 0 aliphatic rings. The van der Waals surface area contributed by atoms with Gasteiger partial charge in [-0.05, 0) is 54.1 Å². The van der Waals surface area contributed by atoms with Crippen molar-refractivity contribution in [1.29, 1.82) is 0 Å². The number of anilines is 1. The van der Waals surface area contributed by atoms with Crippen molar-refractivity contribution in [1.82, 2.24) is 10.3 Å². The standard InChI is InChI=1S/C29H24ClF4N3O3/c1-28(2,3)27(39)36-15-16-7-9-22(30)20(13-16)25(38)37-24-6-4-5-19-18(24)11-12-35-26(19)40-17-8-10-23(31)21(14-17)29(32,33)34/h4-14H,15H2,1-3H3,(H,36,39)(H,37,38). The molecule has 4 aromatic rings. The van der Waals surface area contributed by atoms with Gasteiger partial charge in [0.2, 0.25) is 11.8 Å². The predicted molar refractivity (Wildman–Crippen MR) is 144 cm³/mol. The average molecular weight is 574 g/mol. The van der Waals surface area contributed by atoms with Crippen LogP contribution in [0.4, 0.5) is 23.2 Å². The third kappa shape index (κ3) is 6.51. The molecule has 1 heterocycles. The van der Waals surface area contributed by atoms with Gasteiger partial charge in [0.05, 0.1) is 16.1 Å². The van der Waals surface area contributed by atoms with Crippen LogP contribution in [0.25, 0.3) is 10.8 Å². The fraction of sp³-hybridized carbons (Fsp3) is 0.207. The number of ether oxygens (including phenoxy) is 1. The van der Waals surface area contributed by atoms with E-state index < -0.39 is 28.9 Å². The van der Waals surface area contributed by atoms with Crippen LogP contribution in [0, 0.1) is 11.2 Å². The molecule has 11 heteroatoms. The maximum absolute atomic E-state index is 13.7. The first-order valence-electron chi connectivity index (χ1n) is 12.0. The van der Waals surface area contributed by atoms with E-state index in [0.717, 1.165) is 6.07 Å². The Hall–Kier alpha value is -4.18. The van der Waals surface area contributed by atoms with Gasteiger partial charge in [0.25, 0.3) is 5.91 Å². The minimum atomic E-state index is -4.90. The normalized spacial score (nSPS) is 11.8. The predicted octanol–water partition coefficient (Wildman–Crippen LogP) is 7.75. The van der Waals surface area contributed by atoms with Crippen LogP contribution in [0.2, 0.25) is 5.02 Å². The van der Waals surface area contributed by atoms with E-state index in [9.17, 15) is 27.2 Å². The second kappa shape index (κ2) is 11.1.